The molecule has 3 aromatic rings. The van der Waals surface area contributed by atoms with Crippen molar-refractivity contribution in [3.8, 4) is 0 Å². The molecule has 0 aromatic heterocycles. The summed E-state index contributed by atoms with van der Waals surface area (Å²) in [5.41, 5.74) is 1.86. The number of nitrogens with one attached hydrogen (secondary N) is 2. The number of benzene rings is 3. The number of thioether (sulfide) groups is 1. The molecule has 1 fully saturated rings. The lowest BCUT2D eigenvalue weighted by atomic mass is 9.92. The number of amides is 4. The van der Waals surface area contributed by atoms with Crippen molar-refractivity contribution in [1.29, 1.82) is 0 Å². The van der Waals surface area contributed by atoms with Gasteiger partial charge in [-0.3, -0.25) is 15.0 Å². The highest BCUT2D eigenvalue weighted by atomic mass is 32.2. The molecule has 1 atom stereocenters. The maximum Gasteiger partial charge on any atom is 0.344 e. The molecular weight excluding hydrogens is 386 g/mol. The predicted molar refractivity (Wildman–Crippen MR) is 112 cm³/mol. The summed E-state index contributed by atoms with van der Waals surface area (Å²) in [6.45, 7) is 1.62. The van der Waals surface area contributed by atoms with Crippen LogP contribution in [0.5, 0.6) is 0 Å². The summed E-state index contributed by atoms with van der Waals surface area (Å²) < 4.78 is 0. The molecular formula is C22H19N3O3S. The topological polar surface area (TPSA) is 78.5 Å². The van der Waals surface area contributed by atoms with Crippen LogP contribution in [0, 0.1) is 0 Å². The van der Waals surface area contributed by atoms with Gasteiger partial charge < -0.3 is 5.32 Å². The zero-order valence-corrected chi connectivity index (χ0v) is 16.5. The van der Waals surface area contributed by atoms with Crippen LogP contribution < -0.4 is 10.7 Å². The van der Waals surface area contributed by atoms with Gasteiger partial charge in [0.2, 0.25) is 5.91 Å². The van der Waals surface area contributed by atoms with Crippen LogP contribution in [0.2, 0.25) is 0 Å². The Hall–Kier alpha value is -3.32. The number of fused-ring (bicyclic) bond motifs is 1. The van der Waals surface area contributed by atoms with Crippen molar-refractivity contribution >= 4 is 40.4 Å². The number of nitrogens with zero attached hydrogens (tertiary/aromatic N) is 1. The summed E-state index contributed by atoms with van der Waals surface area (Å²) >= 11 is 1.34. The zero-order chi connectivity index (χ0) is 20.4. The summed E-state index contributed by atoms with van der Waals surface area (Å²) in [4.78, 5) is 38.4. The van der Waals surface area contributed by atoms with Crippen LogP contribution >= 0.6 is 11.8 Å². The summed E-state index contributed by atoms with van der Waals surface area (Å²) in [6.07, 6.45) is 0. The van der Waals surface area contributed by atoms with Gasteiger partial charge in [0.1, 0.15) is 5.54 Å². The van der Waals surface area contributed by atoms with Gasteiger partial charge >= 0.3 is 6.03 Å². The van der Waals surface area contributed by atoms with Crippen molar-refractivity contribution in [3.63, 3.8) is 0 Å². The minimum atomic E-state index is -1.21. The normalized spacial score (nSPS) is 18.7. The Kier molecular flexibility index (Phi) is 4.98. The molecule has 1 saturated heterocycles. The minimum Gasteiger partial charge on any atom is -0.318 e. The van der Waals surface area contributed by atoms with Crippen LogP contribution in [0.1, 0.15) is 12.5 Å². The van der Waals surface area contributed by atoms with E-state index >= 15 is 0 Å². The van der Waals surface area contributed by atoms with E-state index in [1.54, 1.807) is 31.2 Å². The van der Waals surface area contributed by atoms with Crippen molar-refractivity contribution in [1.82, 2.24) is 15.8 Å². The molecule has 146 valence electrons. The molecule has 4 amide bonds. The number of imide groups is 1. The summed E-state index contributed by atoms with van der Waals surface area (Å²) in [6, 6.07) is 22.2. The van der Waals surface area contributed by atoms with Gasteiger partial charge in [-0.15, -0.1) is 11.8 Å². The van der Waals surface area contributed by atoms with Crippen molar-refractivity contribution < 1.29 is 14.4 Å². The Bertz CT molecular complexity index is 1100. The van der Waals surface area contributed by atoms with E-state index in [1.165, 1.54) is 11.8 Å². The second-order valence-corrected chi connectivity index (χ2v) is 7.94. The second-order valence-electron chi connectivity index (χ2n) is 6.89. The van der Waals surface area contributed by atoms with Crippen LogP contribution in [0.25, 0.3) is 10.8 Å². The molecule has 29 heavy (non-hydrogen) atoms. The smallest absolute Gasteiger partial charge is 0.318 e. The van der Waals surface area contributed by atoms with Crippen molar-refractivity contribution in [2.75, 3.05) is 5.75 Å². The van der Waals surface area contributed by atoms with Crippen LogP contribution in [0.15, 0.2) is 77.7 Å². The van der Waals surface area contributed by atoms with Crippen LogP contribution in [-0.4, -0.2) is 28.6 Å². The lowest BCUT2D eigenvalue weighted by Gasteiger charge is -2.22. The number of carbonyl (C=O) groups excluding carboxylic acids is 3. The number of urea groups is 1. The molecule has 6 nitrogen and oxygen atoms in total. The third-order valence-electron chi connectivity index (χ3n) is 4.87. The monoisotopic (exact) mass is 405 g/mol. The van der Waals surface area contributed by atoms with Crippen molar-refractivity contribution in [2.45, 2.75) is 17.4 Å². The first-order valence-electron chi connectivity index (χ1n) is 9.11. The molecule has 0 saturated carbocycles. The molecule has 4 rings (SSSR count). The number of hydrogen-bond donors (Lipinski definition) is 2. The van der Waals surface area contributed by atoms with Gasteiger partial charge in [-0.1, -0.05) is 60.7 Å². The molecule has 0 radical (unpaired) electrons. The summed E-state index contributed by atoms with van der Waals surface area (Å²) in [5, 5.41) is 5.64. The molecule has 1 aliphatic heterocycles. The highest BCUT2D eigenvalue weighted by Gasteiger charge is 2.49. The Labute approximate surface area is 172 Å². The van der Waals surface area contributed by atoms with Crippen LogP contribution in [-0.2, 0) is 15.1 Å². The Balaban J connectivity index is 1.41. The predicted octanol–water partition coefficient (Wildman–Crippen LogP) is 3.43. The maximum atomic E-state index is 12.8. The van der Waals surface area contributed by atoms with Crippen LogP contribution in [0.4, 0.5) is 4.79 Å². The number of hydrogen-bond acceptors (Lipinski definition) is 4. The fraction of sp³-hybridized carbons (Fsp3) is 0.136. The van der Waals surface area contributed by atoms with Crippen molar-refractivity contribution in [2.24, 2.45) is 0 Å². The van der Waals surface area contributed by atoms with Gasteiger partial charge in [-0.2, -0.15) is 5.01 Å². The third-order valence-corrected chi connectivity index (χ3v) is 5.86. The van der Waals surface area contributed by atoms with E-state index in [4.69, 9.17) is 0 Å². The largest absolute Gasteiger partial charge is 0.344 e. The average molecular weight is 405 g/mol. The number of rotatable bonds is 5. The quantitative estimate of drug-likeness (QED) is 0.504. The van der Waals surface area contributed by atoms with E-state index < -0.39 is 23.4 Å². The molecule has 0 spiro atoms. The second kappa shape index (κ2) is 7.60. The lowest BCUT2D eigenvalue weighted by molar-refractivity contribution is -0.138. The highest BCUT2D eigenvalue weighted by molar-refractivity contribution is 8.00. The molecule has 1 heterocycles. The molecule has 1 unspecified atom stereocenters. The fourth-order valence-corrected chi connectivity index (χ4v) is 4.01. The molecule has 0 bridgehead atoms. The van der Waals surface area contributed by atoms with Gasteiger partial charge in [0.05, 0.1) is 5.75 Å². The molecule has 7 heteroatoms. The van der Waals surface area contributed by atoms with E-state index in [0.29, 0.717) is 5.56 Å². The first-order chi connectivity index (χ1) is 14.0. The SMILES string of the molecule is CC1(c2ccccc2)NC(=O)N(NC(=O)CSc2ccc3ccccc3c2)C1=O. The number of carbonyl (C=O) groups is 3. The molecule has 3 aromatic carbocycles. The van der Waals surface area contributed by atoms with Gasteiger partial charge in [0.25, 0.3) is 5.91 Å². The lowest BCUT2D eigenvalue weighted by Crippen LogP contribution is -2.48. The van der Waals surface area contributed by atoms with Crippen molar-refractivity contribution in [3.05, 3.63) is 78.4 Å². The van der Waals surface area contributed by atoms with E-state index in [2.05, 4.69) is 10.7 Å². The molecule has 1 aliphatic rings. The standard InChI is InChI=1S/C22H19N3O3S/c1-22(17-9-3-2-4-10-17)20(27)25(21(28)23-22)24-19(26)14-29-18-12-11-15-7-5-6-8-16(15)13-18/h2-13H,14H2,1H3,(H,23,28)(H,24,26). The summed E-state index contributed by atoms with van der Waals surface area (Å²) in [7, 11) is 0. The highest BCUT2D eigenvalue weighted by Crippen LogP contribution is 2.28. The number of hydrazine groups is 1. The Morgan fingerprint density at radius 2 is 1.69 bits per heavy atom. The van der Waals surface area contributed by atoms with Gasteiger partial charge in [-0.25, -0.2) is 4.79 Å². The first kappa shape index (κ1) is 19.0. The fourth-order valence-electron chi connectivity index (χ4n) is 3.27. The van der Waals surface area contributed by atoms with Gasteiger partial charge in [0.15, 0.2) is 0 Å². The van der Waals surface area contributed by atoms with E-state index in [9.17, 15) is 14.4 Å². The molecule has 0 aliphatic carbocycles. The third kappa shape index (κ3) is 3.69. The minimum absolute atomic E-state index is 0.0808. The zero-order valence-electron chi connectivity index (χ0n) is 15.7. The maximum absolute atomic E-state index is 12.8. The van der Waals surface area contributed by atoms with Crippen LogP contribution in [0.3, 0.4) is 0 Å². The first-order valence-corrected chi connectivity index (χ1v) is 10.1. The van der Waals surface area contributed by atoms with E-state index in [1.807, 2.05) is 48.5 Å². The summed E-state index contributed by atoms with van der Waals surface area (Å²) in [5.74, 6) is -0.862. The van der Waals surface area contributed by atoms with Gasteiger partial charge in [-0.05, 0) is 35.4 Å². The Morgan fingerprint density at radius 3 is 2.45 bits per heavy atom. The Morgan fingerprint density at radius 1 is 1.00 bits per heavy atom. The average Bonchev–Trinajstić information content (AvgIpc) is 2.96. The molecule has 2 N–H and O–H groups in total. The van der Waals surface area contributed by atoms with E-state index in [0.717, 1.165) is 20.7 Å². The van der Waals surface area contributed by atoms with E-state index in [-0.39, 0.29) is 5.75 Å². The van der Waals surface area contributed by atoms with Gasteiger partial charge in [0, 0.05) is 4.90 Å².